The van der Waals surface area contributed by atoms with Crippen LogP contribution in [-0.4, -0.2) is 22.7 Å². The zero-order valence-corrected chi connectivity index (χ0v) is 15.5. The maximum atomic E-state index is 14.7. The molecule has 142 valence electrons. The molecule has 5 rings (SSSR count). The van der Waals surface area contributed by atoms with E-state index in [1.807, 2.05) is 24.3 Å². The summed E-state index contributed by atoms with van der Waals surface area (Å²) in [7, 11) is 0. The summed E-state index contributed by atoms with van der Waals surface area (Å²) in [5, 5.41) is 7.31. The second-order valence-corrected chi connectivity index (χ2v) is 7.41. The highest BCUT2D eigenvalue weighted by Crippen LogP contribution is 2.39. The van der Waals surface area contributed by atoms with Crippen molar-refractivity contribution in [2.75, 3.05) is 23.0 Å². The summed E-state index contributed by atoms with van der Waals surface area (Å²) in [6.45, 7) is 0.532. The number of rotatable bonds is 2. The van der Waals surface area contributed by atoms with Crippen LogP contribution in [0.1, 0.15) is 5.56 Å². The molecule has 0 fully saturated rings. The van der Waals surface area contributed by atoms with Crippen molar-refractivity contribution < 1.29 is 9.13 Å². The third-order valence-electron chi connectivity index (χ3n) is 5.10. The number of nitrogen functional groups attached to an aromatic ring is 1. The number of halogens is 2. The molecular formula is C20H17ClFN5O. The van der Waals surface area contributed by atoms with E-state index < -0.39 is 0 Å². The summed E-state index contributed by atoms with van der Waals surface area (Å²) in [5.41, 5.74) is 9.06. The highest BCUT2D eigenvalue weighted by atomic mass is 35.5. The van der Waals surface area contributed by atoms with Crippen LogP contribution in [0.4, 0.5) is 21.7 Å². The Morgan fingerprint density at radius 1 is 1.18 bits per heavy atom. The summed E-state index contributed by atoms with van der Waals surface area (Å²) in [6.07, 6.45) is 2.19. The number of fused-ring (bicyclic) bond motifs is 2. The van der Waals surface area contributed by atoms with Gasteiger partial charge < -0.3 is 21.1 Å². The molecule has 0 bridgehead atoms. The Bertz CT molecular complexity index is 1080. The Hall–Kier alpha value is -3.06. The molecule has 1 aromatic heterocycles. The van der Waals surface area contributed by atoms with Gasteiger partial charge >= 0.3 is 0 Å². The lowest BCUT2D eigenvalue weighted by Crippen LogP contribution is -2.39. The van der Waals surface area contributed by atoms with Gasteiger partial charge in [0.1, 0.15) is 17.7 Å². The number of nitrogens with zero attached hydrogens (tertiary/aromatic N) is 2. The average Bonchev–Trinajstić information content (AvgIpc) is 3.12. The van der Waals surface area contributed by atoms with Gasteiger partial charge in [0.2, 0.25) is 5.95 Å². The standard InChI is InChI=1S/C20H17ClFN5O/c21-13-1-2-17-11(6-13)5-12(9-28-17)19-25-16-8-10(7-14(22)18(16)27-19)15-3-4-24-20(23)26-15/h1-4,6-8,12,19,25,27H,5,9H2,(H2,23,24,26). The van der Waals surface area contributed by atoms with Crippen LogP contribution in [0, 0.1) is 11.7 Å². The van der Waals surface area contributed by atoms with Crippen LogP contribution in [0.15, 0.2) is 42.6 Å². The van der Waals surface area contributed by atoms with Crippen LogP contribution in [0.2, 0.25) is 5.02 Å². The van der Waals surface area contributed by atoms with Gasteiger partial charge in [-0.3, -0.25) is 0 Å². The van der Waals surface area contributed by atoms with E-state index in [4.69, 9.17) is 22.1 Å². The number of hydrogen-bond acceptors (Lipinski definition) is 6. The molecule has 2 aromatic carbocycles. The van der Waals surface area contributed by atoms with Gasteiger partial charge in [-0.25, -0.2) is 14.4 Å². The molecule has 28 heavy (non-hydrogen) atoms. The van der Waals surface area contributed by atoms with Gasteiger partial charge in [0.05, 0.1) is 23.7 Å². The van der Waals surface area contributed by atoms with E-state index in [1.54, 1.807) is 12.3 Å². The van der Waals surface area contributed by atoms with Crippen molar-refractivity contribution in [2.45, 2.75) is 12.6 Å². The van der Waals surface area contributed by atoms with Crippen LogP contribution >= 0.6 is 11.6 Å². The van der Waals surface area contributed by atoms with Crippen molar-refractivity contribution >= 4 is 28.9 Å². The van der Waals surface area contributed by atoms with E-state index in [1.165, 1.54) is 6.07 Å². The second kappa shape index (κ2) is 6.53. The van der Waals surface area contributed by atoms with Gasteiger partial charge in [-0.1, -0.05) is 11.6 Å². The zero-order chi connectivity index (χ0) is 19.3. The van der Waals surface area contributed by atoms with Crippen molar-refractivity contribution in [1.29, 1.82) is 0 Å². The molecule has 0 saturated carbocycles. The van der Waals surface area contributed by atoms with E-state index in [9.17, 15) is 4.39 Å². The van der Waals surface area contributed by atoms with Gasteiger partial charge in [-0.05, 0) is 48.4 Å². The number of ether oxygens (including phenoxy) is 1. The van der Waals surface area contributed by atoms with E-state index in [-0.39, 0.29) is 23.8 Å². The first kappa shape index (κ1) is 17.1. The largest absolute Gasteiger partial charge is 0.493 e. The lowest BCUT2D eigenvalue weighted by Gasteiger charge is -2.30. The fourth-order valence-electron chi connectivity index (χ4n) is 3.75. The lowest BCUT2D eigenvalue weighted by molar-refractivity contribution is 0.212. The summed E-state index contributed by atoms with van der Waals surface area (Å²) in [4.78, 5) is 8.05. The summed E-state index contributed by atoms with van der Waals surface area (Å²) in [5.74, 6) is 0.779. The number of anilines is 3. The third-order valence-corrected chi connectivity index (χ3v) is 5.34. The van der Waals surface area contributed by atoms with Crippen molar-refractivity contribution in [2.24, 2.45) is 5.92 Å². The van der Waals surface area contributed by atoms with Crippen LogP contribution < -0.4 is 21.1 Å². The van der Waals surface area contributed by atoms with Crippen molar-refractivity contribution in [3.05, 3.63) is 59.0 Å². The molecule has 8 heteroatoms. The number of nitrogens with two attached hydrogens (primary N) is 1. The maximum Gasteiger partial charge on any atom is 0.220 e. The van der Waals surface area contributed by atoms with Crippen molar-refractivity contribution in [3.8, 4) is 17.0 Å². The molecule has 2 unspecified atom stereocenters. The normalized spacial score (nSPS) is 19.8. The molecule has 0 amide bonds. The van der Waals surface area contributed by atoms with Crippen LogP contribution in [0.3, 0.4) is 0 Å². The van der Waals surface area contributed by atoms with E-state index >= 15 is 0 Å². The molecule has 2 aliphatic heterocycles. The fourth-order valence-corrected chi connectivity index (χ4v) is 3.94. The van der Waals surface area contributed by atoms with Crippen molar-refractivity contribution in [3.63, 3.8) is 0 Å². The highest BCUT2D eigenvalue weighted by Gasteiger charge is 2.33. The molecule has 2 aliphatic rings. The van der Waals surface area contributed by atoms with Gasteiger partial charge in [-0.2, -0.15) is 0 Å². The topological polar surface area (TPSA) is 85.1 Å². The Labute approximate surface area is 165 Å². The molecule has 0 saturated heterocycles. The molecule has 0 spiro atoms. The van der Waals surface area contributed by atoms with Crippen LogP contribution in [0.5, 0.6) is 5.75 Å². The smallest absolute Gasteiger partial charge is 0.220 e. The van der Waals surface area contributed by atoms with E-state index in [2.05, 4.69) is 20.6 Å². The van der Waals surface area contributed by atoms with E-state index in [0.717, 1.165) is 17.7 Å². The fraction of sp³-hybridized carbons (Fsp3) is 0.200. The Kier molecular flexibility index (Phi) is 3.98. The first-order chi connectivity index (χ1) is 13.6. The second-order valence-electron chi connectivity index (χ2n) is 6.97. The van der Waals surface area contributed by atoms with E-state index in [0.29, 0.717) is 34.3 Å². The Morgan fingerprint density at radius 3 is 2.93 bits per heavy atom. The zero-order valence-electron chi connectivity index (χ0n) is 14.7. The minimum absolute atomic E-state index is 0.121. The third kappa shape index (κ3) is 2.97. The summed E-state index contributed by atoms with van der Waals surface area (Å²) >= 11 is 6.11. The molecular weight excluding hydrogens is 381 g/mol. The van der Waals surface area contributed by atoms with Crippen LogP contribution in [-0.2, 0) is 6.42 Å². The molecule has 3 aromatic rings. The van der Waals surface area contributed by atoms with Gasteiger partial charge in [-0.15, -0.1) is 0 Å². The summed E-state index contributed by atoms with van der Waals surface area (Å²) in [6, 6.07) is 10.6. The molecule has 0 aliphatic carbocycles. The first-order valence-electron chi connectivity index (χ1n) is 8.93. The minimum Gasteiger partial charge on any atom is -0.493 e. The quantitative estimate of drug-likeness (QED) is 0.607. The Balaban J connectivity index is 1.41. The minimum atomic E-state index is -0.347. The van der Waals surface area contributed by atoms with Crippen molar-refractivity contribution in [1.82, 2.24) is 9.97 Å². The van der Waals surface area contributed by atoms with Crippen LogP contribution in [0.25, 0.3) is 11.3 Å². The number of hydrogen-bond donors (Lipinski definition) is 3. The predicted molar refractivity (Wildman–Crippen MR) is 107 cm³/mol. The number of nitrogens with one attached hydrogen (secondary N) is 2. The Morgan fingerprint density at radius 2 is 2.07 bits per heavy atom. The van der Waals surface area contributed by atoms with Gasteiger partial charge in [0, 0.05) is 22.7 Å². The molecule has 0 radical (unpaired) electrons. The molecule has 3 heterocycles. The highest BCUT2D eigenvalue weighted by molar-refractivity contribution is 6.30. The number of benzene rings is 2. The predicted octanol–water partition coefficient (Wildman–Crippen LogP) is 3.93. The lowest BCUT2D eigenvalue weighted by atomic mass is 9.94. The molecule has 6 nitrogen and oxygen atoms in total. The molecule has 4 N–H and O–H groups in total. The first-order valence-corrected chi connectivity index (χ1v) is 9.31. The maximum absolute atomic E-state index is 14.7. The average molecular weight is 398 g/mol. The SMILES string of the molecule is Nc1nccc(-c2cc(F)c3c(c2)NC(C2COc4ccc(Cl)cc4C2)N3)n1. The number of aromatic nitrogens is 2. The summed E-state index contributed by atoms with van der Waals surface area (Å²) < 4.78 is 20.6. The molecule has 2 atom stereocenters. The van der Waals surface area contributed by atoms with Gasteiger partial charge in [0.15, 0.2) is 0 Å². The van der Waals surface area contributed by atoms with Gasteiger partial charge in [0.25, 0.3) is 0 Å². The monoisotopic (exact) mass is 397 g/mol.